The highest BCUT2D eigenvalue weighted by Gasteiger charge is 2.17. The Morgan fingerprint density at radius 2 is 1.97 bits per heavy atom. The predicted octanol–water partition coefficient (Wildman–Crippen LogP) is 5.33. The van der Waals surface area contributed by atoms with E-state index in [1.165, 1.54) is 23.1 Å². The van der Waals surface area contributed by atoms with Crippen LogP contribution in [0.5, 0.6) is 0 Å². The Hall–Kier alpha value is -2.49. The fourth-order valence-electron chi connectivity index (χ4n) is 3.38. The van der Waals surface area contributed by atoms with Crippen molar-refractivity contribution in [3.63, 3.8) is 0 Å². The first kappa shape index (κ1) is 22.7. The zero-order chi connectivity index (χ0) is 22.8. The van der Waals surface area contributed by atoms with Gasteiger partial charge in [0.2, 0.25) is 5.91 Å². The van der Waals surface area contributed by atoms with Crippen LogP contribution in [0.4, 0.5) is 5.69 Å². The number of benzene rings is 1. The summed E-state index contributed by atoms with van der Waals surface area (Å²) in [6.07, 6.45) is 0.237. The Morgan fingerprint density at radius 1 is 1.19 bits per heavy atom. The number of nitrogens with one attached hydrogen (secondary N) is 1. The summed E-state index contributed by atoms with van der Waals surface area (Å²) in [6.45, 7) is 8.50. The van der Waals surface area contributed by atoms with Gasteiger partial charge in [-0.25, -0.2) is 9.97 Å². The molecular formula is C23H24N4O2S3. The van der Waals surface area contributed by atoms with Crippen LogP contribution >= 0.6 is 34.4 Å². The van der Waals surface area contributed by atoms with Crippen molar-refractivity contribution in [2.45, 2.75) is 51.6 Å². The largest absolute Gasteiger partial charge is 0.325 e. The van der Waals surface area contributed by atoms with E-state index in [0.717, 1.165) is 42.6 Å². The number of thiophene rings is 1. The highest BCUT2D eigenvalue weighted by molar-refractivity contribution is 7.98. The van der Waals surface area contributed by atoms with Crippen molar-refractivity contribution in [2.24, 2.45) is 0 Å². The van der Waals surface area contributed by atoms with Crippen molar-refractivity contribution in [2.75, 3.05) is 5.32 Å². The van der Waals surface area contributed by atoms with E-state index in [2.05, 4.69) is 10.3 Å². The van der Waals surface area contributed by atoms with Gasteiger partial charge in [0.15, 0.2) is 5.16 Å². The summed E-state index contributed by atoms with van der Waals surface area (Å²) in [5.41, 5.74) is 3.78. The summed E-state index contributed by atoms with van der Waals surface area (Å²) in [5, 5.41) is 7.12. The molecule has 3 heterocycles. The molecule has 1 amide bonds. The van der Waals surface area contributed by atoms with Crippen LogP contribution in [-0.2, 0) is 23.5 Å². The highest BCUT2D eigenvalue weighted by atomic mass is 32.2. The Balaban J connectivity index is 1.45. The van der Waals surface area contributed by atoms with Crippen LogP contribution in [0, 0.1) is 20.8 Å². The average molecular weight is 485 g/mol. The van der Waals surface area contributed by atoms with E-state index in [0.29, 0.717) is 17.5 Å². The van der Waals surface area contributed by atoms with Crippen LogP contribution in [0.1, 0.15) is 33.6 Å². The van der Waals surface area contributed by atoms with Gasteiger partial charge in [-0.1, -0.05) is 30.0 Å². The van der Waals surface area contributed by atoms with Crippen LogP contribution in [0.2, 0.25) is 0 Å². The molecule has 1 aromatic carbocycles. The van der Waals surface area contributed by atoms with E-state index in [1.807, 2.05) is 57.3 Å². The molecule has 4 aromatic rings. The van der Waals surface area contributed by atoms with Crippen molar-refractivity contribution in [3.05, 3.63) is 66.7 Å². The molecule has 1 N–H and O–H groups in total. The van der Waals surface area contributed by atoms with Gasteiger partial charge < -0.3 is 5.32 Å². The maximum Gasteiger partial charge on any atom is 0.263 e. The lowest BCUT2D eigenvalue weighted by Crippen LogP contribution is -2.22. The molecule has 32 heavy (non-hydrogen) atoms. The van der Waals surface area contributed by atoms with Gasteiger partial charge in [-0.3, -0.25) is 14.2 Å². The lowest BCUT2D eigenvalue weighted by atomic mass is 10.2. The van der Waals surface area contributed by atoms with Gasteiger partial charge in [-0.2, -0.15) is 0 Å². The summed E-state index contributed by atoms with van der Waals surface area (Å²) in [4.78, 5) is 36.7. The van der Waals surface area contributed by atoms with Crippen LogP contribution in [0.15, 0.2) is 39.6 Å². The molecule has 6 nitrogen and oxygen atoms in total. The number of anilines is 1. The van der Waals surface area contributed by atoms with Gasteiger partial charge in [0.25, 0.3) is 5.56 Å². The van der Waals surface area contributed by atoms with E-state index >= 15 is 0 Å². The van der Waals surface area contributed by atoms with Crippen molar-refractivity contribution >= 4 is 56.2 Å². The second-order valence-corrected chi connectivity index (χ2v) is 10.6. The molecule has 0 aliphatic carbocycles. The van der Waals surface area contributed by atoms with Gasteiger partial charge in [0, 0.05) is 28.2 Å². The summed E-state index contributed by atoms with van der Waals surface area (Å²) in [5.74, 6) is 0.514. The number of aryl methyl sites for hydroxylation is 3. The van der Waals surface area contributed by atoms with E-state index in [1.54, 1.807) is 15.9 Å². The summed E-state index contributed by atoms with van der Waals surface area (Å²) >= 11 is 4.55. The number of hydrogen-bond donors (Lipinski definition) is 1. The third kappa shape index (κ3) is 4.65. The first-order valence-corrected chi connectivity index (χ1v) is 13.0. The molecule has 0 fully saturated rings. The normalized spacial score (nSPS) is 11.2. The van der Waals surface area contributed by atoms with Gasteiger partial charge in [-0.15, -0.1) is 22.7 Å². The number of nitrogens with zero attached hydrogens (tertiary/aromatic N) is 3. The molecular weight excluding hydrogens is 460 g/mol. The number of hydrogen-bond acceptors (Lipinski definition) is 7. The smallest absolute Gasteiger partial charge is 0.263 e. The Morgan fingerprint density at radius 3 is 2.72 bits per heavy atom. The third-order valence-corrected chi connectivity index (χ3v) is 8.26. The first-order valence-electron chi connectivity index (χ1n) is 10.3. The minimum Gasteiger partial charge on any atom is -0.325 e. The molecule has 0 spiro atoms. The van der Waals surface area contributed by atoms with Crippen LogP contribution in [-0.4, -0.2) is 20.4 Å². The standard InChI is InChI=1S/C23H24N4O2S3/c1-5-27-22(29)20-14(3)15(4)32-21(20)26-23(27)31-12-16-11-30-19(24-16)10-18(28)25-17-9-7-6-8-13(17)2/h6-9,11H,5,10,12H2,1-4H3,(H,25,28). The van der Waals surface area contributed by atoms with Gasteiger partial charge in [-0.05, 0) is 44.9 Å². The molecule has 0 unspecified atom stereocenters. The summed E-state index contributed by atoms with van der Waals surface area (Å²) in [7, 11) is 0. The summed E-state index contributed by atoms with van der Waals surface area (Å²) < 4.78 is 1.73. The van der Waals surface area contributed by atoms with Gasteiger partial charge >= 0.3 is 0 Å². The van der Waals surface area contributed by atoms with Gasteiger partial charge in [0.05, 0.1) is 17.5 Å². The van der Waals surface area contributed by atoms with E-state index in [-0.39, 0.29) is 17.9 Å². The quantitative estimate of drug-likeness (QED) is 0.283. The number of carbonyl (C=O) groups is 1. The monoisotopic (exact) mass is 484 g/mol. The number of fused-ring (bicyclic) bond motifs is 1. The zero-order valence-corrected chi connectivity index (χ0v) is 20.8. The second kappa shape index (κ2) is 9.56. The zero-order valence-electron chi connectivity index (χ0n) is 18.4. The van der Waals surface area contributed by atoms with Crippen LogP contribution < -0.4 is 10.9 Å². The number of amides is 1. The lowest BCUT2D eigenvalue weighted by molar-refractivity contribution is -0.115. The number of thioether (sulfide) groups is 1. The van der Waals surface area contributed by atoms with Crippen molar-refractivity contribution in [1.82, 2.24) is 14.5 Å². The molecule has 0 aliphatic heterocycles. The van der Waals surface area contributed by atoms with E-state index < -0.39 is 0 Å². The highest BCUT2D eigenvalue weighted by Crippen LogP contribution is 2.29. The number of para-hydroxylation sites is 1. The van der Waals surface area contributed by atoms with Crippen molar-refractivity contribution in [1.29, 1.82) is 0 Å². The molecule has 0 aliphatic rings. The number of rotatable bonds is 7. The fourth-order valence-corrected chi connectivity index (χ4v) is 6.30. The molecule has 9 heteroatoms. The maximum absolute atomic E-state index is 13.0. The molecule has 0 atom stereocenters. The molecule has 0 bridgehead atoms. The number of carbonyl (C=O) groups excluding carboxylic acids is 1. The van der Waals surface area contributed by atoms with Crippen molar-refractivity contribution in [3.8, 4) is 0 Å². The minimum absolute atomic E-state index is 0.0219. The fraction of sp³-hybridized carbons (Fsp3) is 0.304. The van der Waals surface area contributed by atoms with E-state index in [4.69, 9.17) is 4.98 Å². The molecule has 3 aromatic heterocycles. The third-order valence-electron chi connectivity index (χ3n) is 5.25. The number of aromatic nitrogens is 3. The van der Waals surface area contributed by atoms with Crippen LogP contribution in [0.3, 0.4) is 0 Å². The first-order chi connectivity index (χ1) is 15.4. The minimum atomic E-state index is -0.0803. The summed E-state index contributed by atoms with van der Waals surface area (Å²) in [6, 6.07) is 7.71. The van der Waals surface area contributed by atoms with E-state index in [9.17, 15) is 9.59 Å². The van der Waals surface area contributed by atoms with Crippen LogP contribution in [0.25, 0.3) is 10.2 Å². The average Bonchev–Trinajstić information content (AvgIpc) is 3.32. The Labute approximate surface area is 198 Å². The lowest BCUT2D eigenvalue weighted by Gasteiger charge is -2.09. The molecule has 0 saturated carbocycles. The molecule has 0 saturated heterocycles. The predicted molar refractivity (Wildman–Crippen MR) is 134 cm³/mol. The molecule has 0 radical (unpaired) electrons. The number of thiazole rings is 1. The second-order valence-electron chi connectivity index (χ2n) is 7.47. The molecule has 4 rings (SSSR count). The Bertz CT molecular complexity index is 1350. The Kier molecular flexibility index (Phi) is 6.78. The SMILES string of the molecule is CCn1c(SCc2csc(CC(=O)Nc3ccccc3C)n2)nc2sc(C)c(C)c2c1=O. The van der Waals surface area contributed by atoms with Crippen molar-refractivity contribution < 1.29 is 4.79 Å². The van der Waals surface area contributed by atoms with Gasteiger partial charge in [0.1, 0.15) is 9.84 Å². The topological polar surface area (TPSA) is 76.9 Å². The molecule has 166 valence electrons. The maximum atomic E-state index is 13.0.